The zero-order chi connectivity index (χ0) is 13.3. The number of carbonyl (C=O) groups is 1. The van der Waals surface area contributed by atoms with Gasteiger partial charge in [-0.3, -0.25) is 4.79 Å². The zero-order valence-corrected chi connectivity index (χ0v) is 12.5. The first-order chi connectivity index (χ1) is 6.89. The van der Waals surface area contributed by atoms with Crippen LogP contribution in [0.25, 0.3) is 0 Å². The van der Waals surface area contributed by atoms with Crippen molar-refractivity contribution in [2.24, 2.45) is 17.3 Å². The second-order valence-electron chi connectivity index (χ2n) is 7.16. The highest BCUT2D eigenvalue weighted by molar-refractivity contribution is 5.80. The van der Waals surface area contributed by atoms with Crippen LogP contribution in [-0.2, 0) is 4.79 Å². The van der Waals surface area contributed by atoms with Crippen molar-refractivity contribution in [2.45, 2.75) is 60.9 Å². The summed E-state index contributed by atoms with van der Waals surface area (Å²) in [6.07, 6.45) is 0. The van der Waals surface area contributed by atoms with E-state index >= 15 is 0 Å². The lowest BCUT2D eigenvalue weighted by atomic mass is 9.73. The van der Waals surface area contributed by atoms with Crippen LogP contribution in [0.15, 0.2) is 0 Å². The molecule has 0 unspecified atom stereocenters. The van der Waals surface area contributed by atoms with Crippen LogP contribution in [-0.4, -0.2) is 23.4 Å². The van der Waals surface area contributed by atoms with Gasteiger partial charge < -0.3 is 4.90 Å². The first-order valence-corrected chi connectivity index (χ1v) is 6.16. The Morgan fingerprint density at radius 3 is 1.56 bits per heavy atom. The van der Waals surface area contributed by atoms with Crippen LogP contribution in [0.5, 0.6) is 0 Å². The number of amides is 1. The van der Waals surface area contributed by atoms with Crippen molar-refractivity contribution in [3.63, 3.8) is 0 Å². The maximum Gasteiger partial charge on any atom is 0.226 e. The van der Waals surface area contributed by atoms with Crippen molar-refractivity contribution in [3.8, 4) is 0 Å². The molecule has 0 spiro atoms. The Balaban J connectivity index is 5.06. The monoisotopic (exact) mass is 227 g/mol. The average Bonchev–Trinajstić information content (AvgIpc) is 1.97. The number of carbonyl (C=O) groups excluding carboxylic acids is 1. The van der Waals surface area contributed by atoms with E-state index in [0.29, 0.717) is 5.92 Å². The molecule has 0 aromatic carbocycles. The van der Waals surface area contributed by atoms with E-state index in [1.54, 1.807) is 0 Å². The molecular formula is C14H29NO. The normalized spacial score (nSPS) is 15.1. The van der Waals surface area contributed by atoms with Gasteiger partial charge in [-0.15, -0.1) is 0 Å². The quantitative estimate of drug-likeness (QED) is 0.706. The minimum atomic E-state index is -0.102. The maximum atomic E-state index is 12.5. The molecule has 16 heavy (non-hydrogen) atoms. The van der Waals surface area contributed by atoms with E-state index in [1.165, 1.54) is 0 Å². The summed E-state index contributed by atoms with van der Waals surface area (Å²) in [5, 5.41) is 0. The molecule has 0 saturated heterocycles. The highest BCUT2D eigenvalue weighted by Crippen LogP contribution is 2.34. The molecule has 0 aromatic heterocycles. The van der Waals surface area contributed by atoms with E-state index in [1.807, 2.05) is 11.9 Å². The van der Waals surface area contributed by atoms with E-state index < -0.39 is 0 Å². The zero-order valence-electron chi connectivity index (χ0n) is 12.5. The molecule has 0 rings (SSSR count). The van der Waals surface area contributed by atoms with Crippen molar-refractivity contribution in [1.29, 1.82) is 0 Å². The maximum absolute atomic E-state index is 12.5. The highest BCUT2D eigenvalue weighted by atomic mass is 16.2. The van der Waals surface area contributed by atoms with Gasteiger partial charge in [-0.25, -0.2) is 0 Å². The highest BCUT2D eigenvalue weighted by Gasteiger charge is 2.38. The molecule has 0 bridgehead atoms. The number of rotatable bonds is 2. The average molecular weight is 227 g/mol. The van der Waals surface area contributed by atoms with Crippen molar-refractivity contribution >= 4 is 5.91 Å². The van der Waals surface area contributed by atoms with E-state index in [9.17, 15) is 4.79 Å². The molecule has 0 saturated carbocycles. The van der Waals surface area contributed by atoms with Crippen LogP contribution in [0.2, 0.25) is 0 Å². The van der Waals surface area contributed by atoms with Gasteiger partial charge in [-0.1, -0.05) is 34.6 Å². The number of hydrogen-bond donors (Lipinski definition) is 0. The summed E-state index contributed by atoms with van der Waals surface area (Å²) in [5.41, 5.74) is -0.0831. The minimum Gasteiger partial charge on any atom is -0.341 e. The minimum absolute atomic E-state index is 0.0186. The topological polar surface area (TPSA) is 20.3 Å². The van der Waals surface area contributed by atoms with Gasteiger partial charge in [-0.05, 0) is 32.1 Å². The third-order valence-electron chi connectivity index (χ3n) is 3.20. The van der Waals surface area contributed by atoms with Crippen LogP contribution in [0.1, 0.15) is 55.4 Å². The van der Waals surface area contributed by atoms with Gasteiger partial charge in [-0.2, -0.15) is 0 Å². The molecule has 96 valence electrons. The second kappa shape index (κ2) is 4.77. The molecular weight excluding hydrogens is 198 g/mol. The van der Waals surface area contributed by atoms with Crippen LogP contribution >= 0.6 is 0 Å². The van der Waals surface area contributed by atoms with Gasteiger partial charge in [0, 0.05) is 18.5 Å². The Kier molecular flexibility index (Phi) is 4.61. The van der Waals surface area contributed by atoms with Gasteiger partial charge in [0.25, 0.3) is 0 Å². The third-order valence-corrected chi connectivity index (χ3v) is 3.20. The molecule has 0 fully saturated rings. The molecule has 2 nitrogen and oxygen atoms in total. The van der Waals surface area contributed by atoms with Crippen molar-refractivity contribution in [2.75, 3.05) is 7.05 Å². The van der Waals surface area contributed by atoms with E-state index in [0.717, 1.165) is 0 Å². The van der Waals surface area contributed by atoms with Crippen LogP contribution in [0.3, 0.4) is 0 Å². The van der Waals surface area contributed by atoms with Gasteiger partial charge in [0.2, 0.25) is 5.91 Å². The Hall–Kier alpha value is -0.530. The van der Waals surface area contributed by atoms with Gasteiger partial charge in [0.15, 0.2) is 0 Å². The van der Waals surface area contributed by atoms with Crippen molar-refractivity contribution in [1.82, 2.24) is 4.90 Å². The lowest BCUT2D eigenvalue weighted by Gasteiger charge is -2.40. The molecule has 0 radical (unpaired) electrons. The lowest BCUT2D eigenvalue weighted by molar-refractivity contribution is -0.144. The Morgan fingerprint density at radius 2 is 1.38 bits per heavy atom. The summed E-state index contributed by atoms with van der Waals surface area (Å²) in [6.45, 7) is 16.9. The van der Waals surface area contributed by atoms with E-state index in [4.69, 9.17) is 0 Å². The summed E-state index contributed by atoms with van der Waals surface area (Å²) >= 11 is 0. The molecule has 1 amide bonds. The number of hydrogen-bond acceptors (Lipinski definition) is 1. The fraction of sp³-hybridized carbons (Fsp3) is 0.929. The Labute approximate surface area is 101 Å². The van der Waals surface area contributed by atoms with Gasteiger partial charge in [0.1, 0.15) is 0 Å². The predicted octanol–water partition coefficient (Wildman–Crippen LogP) is 3.56. The van der Waals surface area contributed by atoms with E-state index in [2.05, 4.69) is 55.4 Å². The molecule has 0 N–H and O–H groups in total. The van der Waals surface area contributed by atoms with Crippen LogP contribution in [0.4, 0.5) is 0 Å². The van der Waals surface area contributed by atoms with Crippen molar-refractivity contribution in [3.05, 3.63) is 0 Å². The van der Waals surface area contributed by atoms with Gasteiger partial charge >= 0.3 is 0 Å². The van der Waals surface area contributed by atoms with Gasteiger partial charge in [0.05, 0.1) is 0 Å². The molecule has 0 aliphatic heterocycles. The molecule has 0 aliphatic carbocycles. The standard InChI is InChI=1S/C14H29NO/c1-10(2)11(13(3,4)5)12(16)15(9)14(6,7)8/h10-11H,1-9H3/t11-/m1/s1. The lowest BCUT2D eigenvalue weighted by Crippen LogP contribution is -2.49. The summed E-state index contributed by atoms with van der Waals surface area (Å²) in [6, 6.07) is 0. The second-order valence-corrected chi connectivity index (χ2v) is 7.16. The summed E-state index contributed by atoms with van der Waals surface area (Å²) in [5.74, 6) is 0.712. The molecule has 0 heterocycles. The molecule has 0 aromatic rings. The van der Waals surface area contributed by atoms with Crippen LogP contribution < -0.4 is 0 Å². The molecule has 0 aliphatic rings. The van der Waals surface area contributed by atoms with E-state index in [-0.39, 0.29) is 22.8 Å². The molecule has 1 atom stereocenters. The first-order valence-electron chi connectivity index (χ1n) is 6.16. The summed E-state index contributed by atoms with van der Waals surface area (Å²) in [4.78, 5) is 14.4. The predicted molar refractivity (Wildman–Crippen MR) is 70.3 cm³/mol. The summed E-state index contributed by atoms with van der Waals surface area (Å²) in [7, 11) is 1.91. The molecule has 2 heteroatoms. The third kappa shape index (κ3) is 3.80. The first kappa shape index (κ1) is 15.5. The fourth-order valence-electron chi connectivity index (χ4n) is 2.19. The summed E-state index contributed by atoms with van der Waals surface area (Å²) < 4.78 is 0. The van der Waals surface area contributed by atoms with Crippen molar-refractivity contribution < 1.29 is 4.79 Å². The SMILES string of the molecule is CC(C)[C@H](C(=O)N(C)C(C)(C)C)C(C)(C)C. The fourth-order valence-corrected chi connectivity index (χ4v) is 2.19. The Bertz CT molecular complexity index is 242. The Morgan fingerprint density at radius 1 is 1.00 bits per heavy atom. The smallest absolute Gasteiger partial charge is 0.226 e. The number of nitrogens with zero attached hydrogens (tertiary/aromatic N) is 1. The largest absolute Gasteiger partial charge is 0.341 e. The van der Waals surface area contributed by atoms with Crippen LogP contribution in [0, 0.1) is 17.3 Å².